The van der Waals surface area contributed by atoms with Gasteiger partial charge in [0.15, 0.2) is 12.4 Å². The first kappa shape index (κ1) is 77.0. The molecule has 0 saturated carbocycles. The Morgan fingerprint density at radius 2 is 0.704 bits per heavy atom. The first-order chi connectivity index (χ1) is 39.6. The summed E-state index contributed by atoms with van der Waals surface area (Å²) in [4.78, 5) is 37.4. The number of carbonyl (C=O) groups is 3. The van der Waals surface area contributed by atoms with Crippen LogP contribution in [-0.4, -0.2) is 82.3 Å². The van der Waals surface area contributed by atoms with Gasteiger partial charge in [-0.05, 0) is 103 Å². The van der Waals surface area contributed by atoms with Crippen LogP contribution in [0.1, 0.15) is 271 Å². The van der Waals surface area contributed by atoms with Gasteiger partial charge in [-0.25, -0.2) is 0 Å². The summed E-state index contributed by atoms with van der Waals surface area (Å²) >= 11 is 0. The Kier molecular flexibility index (Phi) is 58.9. The summed E-state index contributed by atoms with van der Waals surface area (Å²) in [5.41, 5.74) is 0. The fourth-order valence-electron chi connectivity index (χ4n) is 8.96. The summed E-state index contributed by atoms with van der Waals surface area (Å²) in [5.74, 6) is -2.29. The number of hydrogen-bond acceptors (Lipinski definition) is 8. The summed E-state index contributed by atoms with van der Waals surface area (Å²) < 4.78 is 22.8. The first-order valence-corrected chi connectivity index (χ1v) is 33.0. The maximum absolute atomic E-state index is 12.9. The van der Waals surface area contributed by atoms with Crippen molar-refractivity contribution in [2.45, 2.75) is 283 Å². The van der Waals surface area contributed by atoms with Crippen LogP contribution >= 0.6 is 0 Å². The summed E-state index contributed by atoms with van der Waals surface area (Å²) in [6.07, 6.45) is 82.9. The van der Waals surface area contributed by atoms with Crippen LogP contribution in [0.5, 0.6) is 0 Å². The van der Waals surface area contributed by atoms with E-state index >= 15 is 0 Å². The average Bonchev–Trinajstić information content (AvgIpc) is 3.44. The molecule has 9 nitrogen and oxygen atoms in total. The molecule has 0 aromatic heterocycles. The van der Waals surface area contributed by atoms with E-state index < -0.39 is 24.3 Å². The summed E-state index contributed by atoms with van der Waals surface area (Å²) in [6.45, 7) is 4.64. The Morgan fingerprint density at radius 3 is 1.06 bits per heavy atom. The van der Waals surface area contributed by atoms with E-state index in [-0.39, 0.29) is 38.6 Å². The molecule has 0 aliphatic rings. The number of esters is 2. The molecule has 464 valence electrons. The highest BCUT2D eigenvalue weighted by Crippen LogP contribution is 2.16. The van der Waals surface area contributed by atoms with Crippen molar-refractivity contribution in [2.75, 3.05) is 47.5 Å². The lowest BCUT2D eigenvalue weighted by molar-refractivity contribution is -0.870. The first-order valence-electron chi connectivity index (χ1n) is 33.0. The van der Waals surface area contributed by atoms with Gasteiger partial charge in [-0.1, -0.05) is 264 Å². The van der Waals surface area contributed by atoms with Crippen LogP contribution in [0.3, 0.4) is 0 Å². The normalized spacial score (nSPS) is 13.4. The molecule has 9 heteroatoms. The lowest BCUT2D eigenvalue weighted by Gasteiger charge is -2.26. The van der Waals surface area contributed by atoms with Crippen LogP contribution in [0.2, 0.25) is 0 Å². The number of carbonyl (C=O) groups excluding carboxylic acids is 3. The van der Waals surface area contributed by atoms with Crippen molar-refractivity contribution in [1.82, 2.24) is 0 Å². The standard InChI is InChI=1S/C72H123NO8/c1-6-8-10-12-14-16-18-20-22-24-26-28-29-30-31-32-33-34-35-36-37-38-39-40-41-43-45-47-49-51-53-55-57-59-61-63-70(75)81-68(67-80-72(71(76)77)78-65-64-73(3,4)5)66-79-69(74)62-60-58-56-54-52-50-48-46-44-42-27-25-23-21-19-17-15-13-11-9-7-2/h8,10,14,16,20,22,25-28,30-31,33-34,36-37,39-40,68,72H,6-7,9,11-13,15,17-19,21,23-24,29,32,35,38,41-67H2,1-5H3/b10-8-,16-14-,22-20-,27-25-,28-26-,31-30-,34-33-,37-36-,40-39-. The van der Waals surface area contributed by atoms with Crippen molar-refractivity contribution in [1.29, 1.82) is 0 Å². The zero-order valence-electron chi connectivity index (χ0n) is 52.9. The molecule has 0 N–H and O–H groups in total. The van der Waals surface area contributed by atoms with E-state index in [0.717, 1.165) is 96.3 Å². The van der Waals surface area contributed by atoms with E-state index in [2.05, 4.69) is 123 Å². The fourth-order valence-corrected chi connectivity index (χ4v) is 8.96. The number of quaternary nitrogens is 1. The molecule has 0 saturated heterocycles. The molecule has 0 rings (SSSR count). The smallest absolute Gasteiger partial charge is 0.306 e. The van der Waals surface area contributed by atoms with E-state index in [0.29, 0.717) is 17.4 Å². The number of rotatable bonds is 60. The molecule has 2 atom stereocenters. The Labute approximate surface area is 498 Å². The number of nitrogens with zero attached hydrogens (tertiary/aromatic N) is 1. The number of hydrogen-bond donors (Lipinski definition) is 0. The van der Waals surface area contributed by atoms with Gasteiger partial charge in [0.25, 0.3) is 0 Å². The number of likely N-dealkylation sites (N-methyl/N-ethyl adjacent to an activating group) is 1. The molecule has 0 aromatic carbocycles. The Balaban J connectivity index is 4.19. The van der Waals surface area contributed by atoms with Crippen molar-refractivity contribution in [3.05, 3.63) is 109 Å². The molecule has 0 bridgehead atoms. The van der Waals surface area contributed by atoms with E-state index in [1.165, 1.54) is 141 Å². The second-order valence-electron chi connectivity index (χ2n) is 23.0. The van der Waals surface area contributed by atoms with Crippen LogP contribution in [0, 0.1) is 0 Å². The Hall–Kier alpha value is -4.05. The van der Waals surface area contributed by atoms with Gasteiger partial charge in [0.1, 0.15) is 13.2 Å². The van der Waals surface area contributed by atoms with Gasteiger partial charge in [0.2, 0.25) is 0 Å². The lowest BCUT2D eigenvalue weighted by atomic mass is 10.0. The molecule has 0 fully saturated rings. The van der Waals surface area contributed by atoms with Gasteiger partial charge in [-0.3, -0.25) is 9.59 Å². The largest absolute Gasteiger partial charge is 0.545 e. The van der Waals surface area contributed by atoms with Gasteiger partial charge < -0.3 is 33.3 Å². The zero-order chi connectivity index (χ0) is 59.1. The highest BCUT2D eigenvalue weighted by molar-refractivity contribution is 5.70. The second kappa shape index (κ2) is 62.0. The molecule has 0 aromatic rings. The minimum atomic E-state index is -1.63. The number of aliphatic carboxylic acids is 1. The van der Waals surface area contributed by atoms with Crippen molar-refractivity contribution >= 4 is 17.9 Å². The van der Waals surface area contributed by atoms with Crippen LogP contribution in [0.4, 0.5) is 0 Å². The third kappa shape index (κ3) is 63.4. The molecule has 2 unspecified atom stereocenters. The highest BCUT2D eigenvalue weighted by atomic mass is 16.7. The van der Waals surface area contributed by atoms with Crippen molar-refractivity contribution < 1.29 is 42.9 Å². The fraction of sp³-hybridized carbons (Fsp3) is 0.708. The van der Waals surface area contributed by atoms with Crippen LogP contribution in [-0.2, 0) is 33.3 Å². The summed E-state index contributed by atoms with van der Waals surface area (Å²) in [6, 6.07) is 0. The van der Waals surface area contributed by atoms with E-state index in [1.54, 1.807) is 0 Å². The number of carboxylic acids is 1. The quantitative estimate of drug-likeness (QED) is 0.0195. The van der Waals surface area contributed by atoms with Gasteiger partial charge in [-0.15, -0.1) is 0 Å². The van der Waals surface area contributed by atoms with Gasteiger partial charge in [0, 0.05) is 12.8 Å². The minimum Gasteiger partial charge on any atom is -0.545 e. The molecule has 81 heavy (non-hydrogen) atoms. The molecular formula is C72H123NO8. The van der Waals surface area contributed by atoms with Crippen molar-refractivity contribution in [3.63, 3.8) is 0 Å². The Bertz CT molecular complexity index is 1700. The lowest BCUT2D eigenvalue weighted by Crippen LogP contribution is -2.44. The van der Waals surface area contributed by atoms with Gasteiger partial charge in [-0.2, -0.15) is 0 Å². The predicted molar refractivity (Wildman–Crippen MR) is 343 cm³/mol. The summed E-state index contributed by atoms with van der Waals surface area (Å²) in [5, 5.41) is 11.8. The Morgan fingerprint density at radius 1 is 0.383 bits per heavy atom. The number of carboxylic acid groups (broad SMARTS) is 1. The SMILES string of the molecule is CC/C=C\C/C=C\C/C=C\C/C=C\C/C=C\C/C=C\C/C=C\C/C=C\CCCCCCCCCCCCC(=O)OC(COC(=O)CCCCCCCCCCC/C=C\CCCCCCCCCC)COC(OCC[N+](C)(C)C)C(=O)[O-]. The maximum atomic E-state index is 12.9. The molecule has 0 aliphatic carbocycles. The number of unbranched alkanes of at least 4 members (excludes halogenated alkanes) is 27. The van der Waals surface area contributed by atoms with Crippen molar-refractivity contribution in [3.8, 4) is 0 Å². The number of ether oxygens (including phenoxy) is 4. The number of allylic oxidation sites excluding steroid dienone is 18. The second-order valence-corrected chi connectivity index (χ2v) is 23.0. The third-order valence-electron chi connectivity index (χ3n) is 14.0. The van der Waals surface area contributed by atoms with E-state index in [9.17, 15) is 19.5 Å². The van der Waals surface area contributed by atoms with E-state index in [1.807, 2.05) is 21.1 Å². The molecule has 0 radical (unpaired) electrons. The monoisotopic (exact) mass is 1130 g/mol. The van der Waals surface area contributed by atoms with Crippen LogP contribution in [0.15, 0.2) is 109 Å². The van der Waals surface area contributed by atoms with Gasteiger partial charge >= 0.3 is 11.9 Å². The topological polar surface area (TPSA) is 111 Å². The average molecular weight is 1130 g/mol. The highest BCUT2D eigenvalue weighted by Gasteiger charge is 2.22. The molecule has 0 heterocycles. The molecular weight excluding hydrogens is 1010 g/mol. The predicted octanol–water partition coefficient (Wildman–Crippen LogP) is 18.9. The van der Waals surface area contributed by atoms with Crippen LogP contribution < -0.4 is 5.11 Å². The third-order valence-corrected chi connectivity index (χ3v) is 14.0. The van der Waals surface area contributed by atoms with Crippen LogP contribution in [0.25, 0.3) is 0 Å². The summed E-state index contributed by atoms with van der Waals surface area (Å²) in [7, 11) is 5.92. The zero-order valence-corrected chi connectivity index (χ0v) is 52.9. The minimum absolute atomic E-state index is 0.142. The maximum Gasteiger partial charge on any atom is 0.306 e. The molecule has 0 spiro atoms. The van der Waals surface area contributed by atoms with Crippen molar-refractivity contribution in [2.24, 2.45) is 0 Å². The van der Waals surface area contributed by atoms with Gasteiger partial charge in [0.05, 0.1) is 40.3 Å². The molecule has 0 aliphatic heterocycles. The van der Waals surface area contributed by atoms with E-state index in [4.69, 9.17) is 18.9 Å². The molecule has 0 amide bonds.